The molecule has 0 aliphatic heterocycles. The molecular formula is C36H30N3P6Y. The molecule has 10 heteroatoms. The van der Waals surface area contributed by atoms with E-state index in [0.717, 1.165) is 33.1 Å². The van der Waals surface area contributed by atoms with Crippen LogP contribution in [-0.4, -0.2) is 0 Å². The summed E-state index contributed by atoms with van der Waals surface area (Å²) in [4.78, 5) is 13.9. The van der Waals surface area contributed by atoms with Crippen molar-refractivity contribution in [2.75, 3.05) is 0 Å². The quantitative estimate of drug-likeness (QED) is 0.182. The van der Waals surface area contributed by atoms with Crippen LogP contribution in [0.2, 0.25) is 0 Å². The maximum absolute atomic E-state index is 4.64. The van der Waals surface area contributed by atoms with Crippen molar-refractivity contribution in [3.63, 3.8) is 0 Å². The summed E-state index contributed by atoms with van der Waals surface area (Å²) < 4.78 is 0. The minimum atomic E-state index is 0. The Hall–Kier alpha value is -1.60. The molecule has 0 radical (unpaired) electrons. The van der Waals surface area contributed by atoms with Gasteiger partial charge in [-0.3, -0.25) is 0 Å². The maximum Gasteiger partial charge on any atom is 3.00 e. The van der Waals surface area contributed by atoms with Crippen LogP contribution in [0.15, 0.2) is 109 Å². The molecule has 3 nitrogen and oxygen atoms in total. The van der Waals surface area contributed by atoms with Crippen molar-refractivity contribution in [1.29, 1.82) is 0 Å². The maximum atomic E-state index is 4.64. The van der Waals surface area contributed by atoms with E-state index in [-0.39, 0.29) is 32.7 Å². The molecule has 0 spiro atoms. The van der Waals surface area contributed by atoms with Gasteiger partial charge in [-0.2, -0.15) is 0 Å². The van der Waals surface area contributed by atoms with E-state index in [1.807, 2.05) is 18.2 Å². The third-order valence-corrected chi connectivity index (χ3v) is 12.4. The summed E-state index contributed by atoms with van der Waals surface area (Å²) in [5.41, 5.74) is 6.50. The monoisotopic (exact) mass is 779 g/mol. The number of aromatic nitrogens is 3. The largest absolute Gasteiger partial charge is 3.00 e. The smallest absolute Gasteiger partial charge is 0.656 e. The summed E-state index contributed by atoms with van der Waals surface area (Å²) in [6, 6.07) is 37.5. The standard InChI is InChI=1S/3C12H10NP2.Y/c3*14-10-6-5-8-7-3-1-2-4-9(7)13-11(8)12(10)15;/h3*1-6H,14-15H2;/q3*-1;+3. The molecule has 0 N–H and O–H groups in total. The Bertz CT molecular complexity index is 2250. The summed E-state index contributed by atoms with van der Waals surface area (Å²) in [7, 11) is 16.5. The molecule has 0 amide bonds. The number of para-hydroxylation sites is 3. The van der Waals surface area contributed by atoms with Gasteiger partial charge in [-0.15, -0.1) is 88.5 Å². The molecule has 9 aromatic rings. The Morgan fingerprint density at radius 1 is 0.304 bits per heavy atom. The van der Waals surface area contributed by atoms with Gasteiger partial charge in [-0.05, 0) is 64.1 Å². The molecule has 0 fully saturated rings. The van der Waals surface area contributed by atoms with Crippen molar-refractivity contribution in [3.05, 3.63) is 109 Å². The van der Waals surface area contributed by atoms with Gasteiger partial charge in [0.2, 0.25) is 0 Å². The van der Waals surface area contributed by atoms with E-state index in [4.69, 9.17) is 0 Å². The van der Waals surface area contributed by atoms with E-state index in [0.29, 0.717) is 0 Å². The second kappa shape index (κ2) is 14.5. The molecule has 6 atom stereocenters. The Morgan fingerprint density at radius 3 is 0.848 bits per heavy atom. The first-order valence-corrected chi connectivity index (χ1v) is 17.8. The van der Waals surface area contributed by atoms with E-state index in [2.05, 4.69) is 161 Å². The fourth-order valence-electron chi connectivity index (χ4n) is 5.64. The molecule has 0 bridgehead atoms. The van der Waals surface area contributed by atoms with E-state index in [1.165, 1.54) is 64.1 Å². The van der Waals surface area contributed by atoms with E-state index < -0.39 is 0 Å². The Balaban J connectivity index is 0.000000120. The van der Waals surface area contributed by atoms with Gasteiger partial charge in [0.25, 0.3) is 0 Å². The van der Waals surface area contributed by atoms with Crippen molar-refractivity contribution in [3.8, 4) is 0 Å². The van der Waals surface area contributed by atoms with Gasteiger partial charge in [-0.25, -0.2) is 0 Å². The average molecular weight is 779 g/mol. The Morgan fingerprint density at radius 2 is 0.565 bits per heavy atom. The number of hydrogen-bond donors (Lipinski definition) is 0. The number of nitrogens with zero attached hydrogens (tertiary/aromatic N) is 3. The summed E-state index contributed by atoms with van der Waals surface area (Å²) in [6.45, 7) is 0. The second-order valence-electron chi connectivity index (χ2n) is 10.8. The predicted octanol–water partition coefficient (Wildman–Crippen LogP) is 5.85. The van der Waals surface area contributed by atoms with Crippen LogP contribution in [0.1, 0.15) is 0 Å². The zero-order valence-electron chi connectivity index (χ0n) is 24.8. The molecule has 9 rings (SSSR count). The summed E-state index contributed by atoms with van der Waals surface area (Å²) in [5, 5.41) is 14.5. The zero-order chi connectivity index (χ0) is 31.2. The van der Waals surface area contributed by atoms with Crippen LogP contribution in [-0.2, 0) is 32.7 Å². The SMILES string of the molecule is Pc1ccc2c([n-]c3ccccc32)c1P.Pc1ccc2c([n-]c3ccccc32)c1P.Pc1ccc2c([n-]c3ccccc32)c1P.[Y+3]. The summed E-state index contributed by atoms with van der Waals surface area (Å²) in [6.07, 6.45) is 0. The van der Waals surface area contributed by atoms with Gasteiger partial charge >= 0.3 is 32.7 Å². The van der Waals surface area contributed by atoms with Crippen LogP contribution in [0.25, 0.3) is 65.4 Å². The van der Waals surface area contributed by atoms with Gasteiger partial charge in [0.15, 0.2) is 0 Å². The number of benzene rings is 6. The molecule has 0 saturated carbocycles. The molecule has 0 saturated heterocycles. The topological polar surface area (TPSA) is 42.3 Å². The molecule has 0 aliphatic carbocycles. The molecule has 46 heavy (non-hydrogen) atoms. The van der Waals surface area contributed by atoms with Gasteiger partial charge in [-0.1, -0.05) is 109 Å². The third-order valence-electron chi connectivity index (χ3n) is 8.03. The minimum Gasteiger partial charge on any atom is -0.656 e. The van der Waals surface area contributed by atoms with E-state index in [1.54, 1.807) is 0 Å². The van der Waals surface area contributed by atoms with Gasteiger partial charge in [0, 0.05) is 0 Å². The van der Waals surface area contributed by atoms with Crippen LogP contribution >= 0.6 is 55.4 Å². The van der Waals surface area contributed by atoms with Crippen LogP contribution in [0, 0.1) is 0 Å². The molecule has 6 aromatic carbocycles. The molecule has 0 aliphatic rings. The fourth-order valence-corrected chi connectivity index (χ4v) is 7.29. The fraction of sp³-hybridized carbons (Fsp3) is 0. The van der Waals surface area contributed by atoms with Crippen molar-refractivity contribution < 1.29 is 32.7 Å². The van der Waals surface area contributed by atoms with Crippen LogP contribution in [0.5, 0.6) is 0 Å². The Labute approximate surface area is 307 Å². The first-order chi connectivity index (χ1) is 21.8. The van der Waals surface area contributed by atoms with Gasteiger partial charge < -0.3 is 15.0 Å². The third kappa shape index (κ3) is 6.42. The normalized spacial score (nSPS) is 11.1. The number of hydrogen-bond acceptors (Lipinski definition) is 0. The molecular weight excluding hydrogens is 749 g/mol. The van der Waals surface area contributed by atoms with E-state index in [9.17, 15) is 0 Å². The van der Waals surface area contributed by atoms with Crippen LogP contribution < -0.4 is 46.8 Å². The van der Waals surface area contributed by atoms with Gasteiger partial charge in [0.05, 0.1) is 0 Å². The van der Waals surface area contributed by atoms with E-state index >= 15 is 0 Å². The predicted molar refractivity (Wildman–Crippen MR) is 220 cm³/mol. The van der Waals surface area contributed by atoms with Gasteiger partial charge in [0.1, 0.15) is 0 Å². The first kappa shape index (κ1) is 34.3. The van der Waals surface area contributed by atoms with Crippen molar-refractivity contribution in [1.82, 2.24) is 15.0 Å². The van der Waals surface area contributed by atoms with Crippen molar-refractivity contribution >= 4 is 153 Å². The molecule has 6 unspecified atom stereocenters. The number of rotatable bonds is 0. The number of fused-ring (bicyclic) bond motifs is 9. The first-order valence-electron chi connectivity index (χ1n) is 14.3. The Kier molecular flexibility index (Phi) is 10.8. The summed E-state index contributed by atoms with van der Waals surface area (Å²) >= 11 is 0. The molecule has 222 valence electrons. The second-order valence-corrected chi connectivity index (χ2v) is 14.4. The van der Waals surface area contributed by atoms with Crippen LogP contribution in [0.4, 0.5) is 0 Å². The van der Waals surface area contributed by atoms with Crippen molar-refractivity contribution in [2.45, 2.75) is 0 Å². The average Bonchev–Trinajstić information content (AvgIpc) is 3.75. The molecule has 3 aromatic heterocycles. The zero-order valence-corrected chi connectivity index (χ0v) is 34.5. The van der Waals surface area contributed by atoms with Crippen LogP contribution in [0.3, 0.4) is 0 Å². The molecule has 3 heterocycles. The van der Waals surface area contributed by atoms with Crippen molar-refractivity contribution in [2.24, 2.45) is 0 Å². The summed E-state index contributed by atoms with van der Waals surface area (Å²) in [5.74, 6) is 0. The minimum absolute atomic E-state index is 0.